The lowest BCUT2D eigenvalue weighted by Crippen LogP contribution is -2.15. The van der Waals surface area contributed by atoms with Crippen molar-refractivity contribution in [2.75, 3.05) is 13.1 Å². The molecule has 4 N–H and O–H groups in total. The second-order valence-electron chi connectivity index (χ2n) is 10.9. The molecule has 2 aromatic heterocycles. The molecule has 3 heterocycles. The highest BCUT2D eigenvalue weighted by Gasteiger charge is 2.31. The van der Waals surface area contributed by atoms with Crippen molar-refractivity contribution in [2.24, 2.45) is 0 Å². The summed E-state index contributed by atoms with van der Waals surface area (Å²) in [6.45, 7) is 4.26. The monoisotopic (exact) mass is 574 g/mol. The van der Waals surface area contributed by atoms with Crippen LogP contribution < -0.4 is 10.6 Å². The van der Waals surface area contributed by atoms with Gasteiger partial charge in [0.15, 0.2) is 0 Å². The van der Waals surface area contributed by atoms with Gasteiger partial charge in [-0.25, -0.2) is 9.97 Å². The Morgan fingerprint density at radius 1 is 0.929 bits per heavy atom. The van der Waals surface area contributed by atoms with Gasteiger partial charge in [-0.3, -0.25) is 0 Å². The molecule has 1 saturated heterocycles. The Morgan fingerprint density at radius 2 is 1.69 bits per heavy atom. The van der Waals surface area contributed by atoms with Crippen LogP contribution in [0, 0.1) is 12.8 Å². The number of H-pyrrole nitrogens is 2. The highest BCUT2D eigenvalue weighted by Crippen LogP contribution is 2.36. The van der Waals surface area contributed by atoms with Crippen LogP contribution in [-0.2, 0) is 25.8 Å². The number of alkyl halides is 3. The molecule has 42 heavy (non-hydrogen) atoms. The van der Waals surface area contributed by atoms with Gasteiger partial charge in [-0.2, -0.15) is 13.2 Å². The fourth-order valence-electron chi connectivity index (χ4n) is 5.90. The molecule has 0 spiro atoms. The molecule has 0 radical (unpaired) electrons. The maximum atomic E-state index is 13.3. The predicted molar refractivity (Wildman–Crippen MR) is 161 cm³/mol. The molecule has 6 rings (SSSR count). The van der Waals surface area contributed by atoms with Crippen molar-refractivity contribution < 1.29 is 13.2 Å². The van der Waals surface area contributed by atoms with E-state index >= 15 is 0 Å². The quantitative estimate of drug-likeness (QED) is 0.136. The summed E-state index contributed by atoms with van der Waals surface area (Å²) in [6, 6.07) is 14.5. The Balaban J connectivity index is 0.00000173. The zero-order valence-electron chi connectivity index (χ0n) is 23.9. The minimum absolute atomic E-state index is 0.0977. The number of imidazole rings is 2. The van der Waals surface area contributed by atoms with Crippen molar-refractivity contribution in [1.82, 2.24) is 30.6 Å². The van der Waals surface area contributed by atoms with Gasteiger partial charge < -0.3 is 20.6 Å². The van der Waals surface area contributed by atoms with Gasteiger partial charge in [-0.1, -0.05) is 49.4 Å². The van der Waals surface area contributed by atoms with E-state index in [0.29, 0.717) is 29.7 Å². The first kappa shape index (κ1) is 29.6. The number of fused-ring (bicyclic) bond motifs is 3. The first-order chi connectivity index (χ1) is 20.4. The highest BCUT2D eigenvalue weighted by atomic mass is 19.4. The molecule has 2 aliphatic rings. The van der Waals surface area contributed by atoms with Crippen LogP contribution in [0.15, 0.2) is 42.5 Å². The third kappa shape index (κ3) is 6.61. The van der Waals surface area contributed by atoms with E-state index in [9.17, 15) is 13.2 Å². The normalized spacial score (nSPS) is 16.3. The Hall–Kier alpha value is -3.87. The van der Waals surface area contributed by atoms with Crippen molar-refractivity contribution in [3.05, 3.63) is 71.1 Å². The molecule has 6 nitrogen and oxygen atoms in total. The summed E-state index contributed by atoms with van der Waals surface area (Å²) >= 11 is 0. The largest absolute Gasteiger partial charge is 0.394 e. The van der Waals surface area contributed by atoms with E-state index in [0.717, 1.165) is 67.8 Å². The number of halogens is 3. The summed E-state index contributed by atoms with van der Waals surface area (Å²) in [6.07, 6.45) is 8.88. The van der Waals surface area contributed by atoms with Crippen molar-refractivity contribution in [3.63, 3.8) is 0 Å². The zero-order chi connectivity index (χ0) is 29.7. The number of aromatic nitrogens is 4. The van der Waals surface area contributed by atoms with E-state index < -0.39 is 12.6 Å². The van der Waals surface area contributed by atoms with Crippen molar-refractivity contribution >= 4 is 0 Å². The third-order valence-corrected chi connectivity index (χ3v) is 7.84. The summed E-state index contributed by atoms with van der Waals surface area (Å²) in [5, 5.41) is 6.74. The maximum Gasteiger partial charge on any atom is 0.394 e. The lowest BCUT2D eigenvalue weighted by Gasteiger charge is -2.11. The molecule has 1 atom stereocenters. The number of terminal acetylenes is 1. The van der Waals surface area contributed by atoms with Gasteiger partial charge in [-0.05, 0) is 68.3 Å². The molecule has 0 amide bonds. The van der Waals surface area contributed by atoms with Gasteiger partial charge in [0.05, 0.1) is 36.1 Å². The van der Waals surface area contributed by atoms with E-state index in [1.165, 1.54) is 23.2 Å². The van der Waals surface area contributed by atoms with Gasteiger partial charge in [0, 0.05) is 16.8 Å². The lowest BCUT2D eigenvalue weighted by atomic mass is 9.95. The second-order valence-corrected chi connectivity index (χ2v) is 10.9. The number of aryl methyl sites for hydroxylation is 2. The van der Waals surface area contributed by atoms with Crippen molar-refractivity contribution in [3.8, 4) is 46.5 Å². The lowest BCUT2D eigenvalue weighted by molar-refractivity contribution is -0.127. The van der Waals surface area contributed by atoms with E-state index in [2.05, 4.69) is 56.6 Å². The average molecular weight is 575 g/mol. The second kappa shape index (κ2) is 13.0. The van der Waals surface area contributed by atoms with Crippen LogP contribution >= 0.6 is 0 Å². The first-order valence-electron chi connectivity index (χ1n) is 14.6. The average Bonchev–Trinajstić information content (AvgIpc) is 3.73. The molecular formula is C33H37F3N6. The Bertz CT molecular complexity index is 1510. The van der Waals surface area contributed by atoms with Crippen molar-refractivity contribution in [1.29, 1.82) is 0 Å². The minimum Gasteiger partial charge on any atom is -0.344 e. The van der Waals surface area contributed by atoms with Crippen LogP contribution in [0.4, 0.5) is 13.2 Å². The van der Waals surface area contributed by atoms with Crippen LogP contribution in [0.3, 0.4) is 0 Å². The summed E-state index contributed by atoms with van der Waals surface area (Å²) < 4.78 is 39.9. The number of benzene rings is 2. The number of aromatic amines is 2. The summed E-state index contributed by atoms with van der Waals surface area (Å²) in [7, 11) is 0. The molecule has 2 aromatic carbocycles. The minimum atomic E-state index is -4.32. The van der Waals surface area contributed by atoms with Crippen molar-refractivity contribution in [2.45, 2.75) is 70.6 Å². The first-order valence-corrected chi connectivity index (χ1v) is 14.6. The van der Waals surface area contributed by atoms with E-state index in [-0.39, 0.29) is 5.69 Å². The fourth-order valence-corrected chi connectivity index (χ4v) is 5.90. The van der Waals surface area contributed by atoms with E-state index in [1.54, 1.807) is 0 Å². The molecule has 220 valence electrons. The molecule has 4 aromatic rings. The van der Waals surface area contributed by atoms with Crippen LogP contribution in [-0.4, -0.2) is 39.2 Å². The smallest absolute Gasteiger partial charge is 0.344 e. The van der Waals surface area contributed by atoms with Gasteiger partial charge in [-0.15, -0.1) is 12.8 Å². The number of hydrogen-bond acceptors (Lipinski definition) is 4. The topological polar surface area (TPSA) is 81.4 Å². The van der Waals surface area contributed by atoms with Crippen LogP contribution in [0.5, 0.6) is 0 Å². The van der Waals surface area contributed by atoms with Crippen LogP contribution in [0.1, 0.15) is 67.2 Å². The Kier molecular flexibility index (Phi) is 9.15. The van der Waals surface area contributed by atoms with Gasteiger partial charge >= 0.3 is 6.18 Å². The molecule has 0 bridgehead atoms. The standard InChI is InChI=1S/C31H35F3N6.C2H2/c1-2-14-35-18-27-37-26(17-31(32,33)34)28(39-27)20-10-8-19(9-11-20)21-12-13-23-22(16-21)5-3-6-24-29(23)40-30(38-24)25-7-4-15-36-25;1-2/h8-13,16,25,35-36H,2-7,14-15,17-18H2,1H3,(H,37,39)(H,38,40);1-2H/t25-;/m0./s1. The summed E-state index contributed by atoms with van der Waals surface area (Å²) in [5.41, 5.74) is 7.99. The van der Waals surface area contributed by atoms with Crippen LogP contribution in [0.2, 0.25) is 0 Å². The molecule has 1 aliphatic heterocycles. The summed E-state index contributed by atoms with van der Waals surface area (Å²) in [4.78, 5) is 16.1. The predicted octanol–water partition coefficient (Wildman–Crippen LogP) is 6.90. The van der Waals surface area contributed by atoms with E-state index in [4.69, 9.17) is 4.98 Å². The molecule has 1 aliphatic carbocycles. The van der Waals surface area contributed by atoms with Crippen LogP contribution in [0.25, 0.3) is 33.6 Å². The number of hydrogen-bond donors (Lipinski definition) is 4. The van der Waals surface area contributed by atoms with E-state index in [1.807, 2.05) is 31.2 Å². The zero-order valence-corrected chi connectivity index (χ0v) is 23.9. The third-order valence-electron chi connectivity index (χ3n) is 7.84. The molecule has 0 unspecified atom stereocenters. The fraction of sp³-hybridized carbons (Fsp3) is 0.394. The SMILES string of the molecule is C#C.CCCNCc1nc(-c2ccc(-c3ccc4c(c3)CCCc3[nH]c([C@@H]5CCCN5)nc3-4)cc2)c(CC(F)(F)F)[nH]1. The molecule has 9 heteroatoms. The van der Waals surface area contributed by atoms with Gasteiger partial charge in [0.1, 0.15) is 11.6 Å². The highest BCUT2D eigenvalue weighted by molar-refractivity contribution is 5.75. The Morgan fingerprint density at radius 3 is 2.40 bits per heavy atom. The maximum absolute atomic E-state index is 13.3. The number of rotatable bonds is 8. The number of nitrogens with one attached hydrogen (secondary N) is 4. The molecular weight excluding hydrogens is 537 g/mol. The molecule has 0 saturated carbocycles. The number of nitrogens with zero attached hydrogens (tertiary/aromatic N) is 2. The Labute approximate surface area is 245 Å². The molecule has 1 fully saturated rings. The summed E-state index contributed by atoms with van der Waals surface area (Å²) in [5.74, 6) is 1.56. The van der Waals surface area contributed by atoms with Gasteiger partial charge in [0.25, 0.3) is 0 Å². The van der Waals surface area contributed by atoms with Gasteiger partial charge in [0.2, 0.25) is 0 Å².